The SMILES string of the molecule is Cc1nnc2n1C(=O)C(C)c1ncccc1-2. The predicted molar refractivity (Wildman–Crippen MR) is 57.0 cm³/mol. The largest absolute Gasteiger partial charge is 0.273 e. The van der Waals surface area contributed by atoms with E-state index in [-0.39, 0.29) is 11.8 Å². The molecule has 0 aromatic carbocycles. The third kappa shape index (κ3) is 0.997. The first-order valence-corrected chi connectivity index (χ1v) is 5.11. The van der Waals surface area contributed by atoms with Crippen LogP contribution >= 0.6 is 0 Å². The highest BCUT2D eigenvalue weighted by Crippen LogP contribution is 2.33. The minimum atomic E-state index is -0.238. The minimum absolute atomic E-state index is 0.0105. The summed E-state index contributed by atoms with van der Waals surface area (Å²) in [6.07, 6.45) is 1.70. The number of carbonyl (C=O) groups excluding carboxylic acids is 1. The van der Waals surface area contributed by atoms with Gasteiger partial charge in [-0.3, -0.25) is 9.78 Å². The summed E-state index contributed by atoms with van der Waals surface area (Å²) in [6, 6.07) is 3.76. The molecule has 2 aromatic heterocycles. The lowest BCUT2D eigenvalue weighted by Crippen LogP contribution is -2.25. The van der Waals surface area contributed by atoms with Gasteiger partial charge in [-0.2, -0.15) is 0 Å². The van der Waals surface area contributed by atoms with E-state index in [9.17, 15) is 4.79 Å². The van der Waals surface area contributed by atoms with Crippen molar-refractivity contribution in [1.82, 2.24) is 19.7 Å². The molecule has 1 aliphatic heterocycles. The zero-order valence-electron chi connectivity index (χ0n) is 9.01. The smallest absolute Gasteiger partial charge is 0.242 e. The zero-order valence-corrected chi connectivity index (χ0v) is 9.01. The standard InChI is InChI=1S/C11H10N4O/c1-6-9-8(4-3-5-12-9)10-14-13-7(2)15(10)11(6)16/h3-6H,1-2H3. The van der Waals surface area contributed by atoms with Gasteiger partial charge in [0.15, 0.2) is 5.82 Å². The quantitative estimate of drug-likeness (QED) is 0.665. The van der Waals surface area contributed by atoms with Gasteiger partial charge in [0.25, 0.3) is 0 Å². The van der Waals surface area contributed by atoms with Crippen molar-refractivity contribution in [1.29, 1.82) is 0 Å². The second-order valence-corrected chi connectivity index (χ2v) is 3.90. The van der Waals surface area contributed by atoms with Gasteiger partial charge >= 0.3 is 0 Å². The van der Waals surface area contributed by atoms with Crippen LogP contribution in [-0.4, -0.2) is 25.7 Å². The van der Waals surface area contributed by atoms with Gasteiger partial charge in [0.05, 0.1) is 11.6 Å². The number of hydrogen-bond donors (Lipinski definition) is 0. The number of nitrogens with zero attached hydrogens (tertiary/aromatic N) is 4. The third-order valence-corrected chi connectivity index (χ3v) is 2.91. The summed E-state index contributed by atoms with van der Waals surface area (Å²) in [5.41, 5.74) is 1.68. The predicted octanol–water partition coefficient (Wildman–Crippen LogP) is 1.41. The first-order chi connectivity index (χ1) is 7.70. The number of aryl methyl sites for hydroxylation is 1. The van der Waals surface area contributed by atoms with Gasteiger partial charge in [-0.1, -0.05) is 0 Å². The molecule has 0 radical (unpaired) electrons. The molecule has 5 heteroatoms. The van der Waals surface area contributed by atoms with Crippen LogP contribution in [0.5, 0.6) is 0 Å². The van der Waals surface area contributed by atoms with E-state index in [2.05, 4.69) is 15.2 Å². The van der Waals surface area contributed by atoms with Gasteiger partial charge in [-0.05, 0) is 26.0 Å². The first-order valence-electron chi connectivity index (χ1n) is 5.11. The maximum atomic E-state index is 12.1. The maximum absolute atomic E-state index is 12.1. The van der Waals surface area contributed by atoms with Crippen LogP contribution in [0.25, 0.3) is 11.4 Å². The van der Waals surface area contributed by atoms with Crippen molar-refractivity contribution in [3.63, 3.8) is 0 Å². The lowest BCUT2D eigenvalue weighted by molar-refractivity contribution is 0.0878. The van der Waals surface area contributed by atoms with Crippen LogP contribution in [-0.2, 0) is 0 Å². The Morgan fingerprint density at radius 1 is 1.38 bits per heavy atom. The molecule has 2 aromatic rings. The highest BCUT2D eigenvalue weighted by atomic mass is 16.2. The average Bonchev–Trinajstić information content (AvgIpc) is 2.69. The molecule has 0 bridgehead atoms. The highest BCUT2D eigenvalue weighted by Gasteiger charge is 2.32. The highest BCUT2D eigenvalue weighted by molar-refractivity contribution is 5.93. The summed E-state index contributed by atoms with van der Waals surface area (Å²) < 4.78 is 1.56. The Morgan fingerprint density at radius 2 is 2.19 bits per heavy atom. The van der Waals surface area contributed by atoms with Crippen LogP contribution in [0.1, 0.15) is 29.2 Å². The van der Waals surface area contributed by atoms with E-state index < -0.39 is 0 Å². The molecular formula is C11H10N4O. The summed E-state index contributed by atoms with van der Waals surface area (Å²) in [7, 11) is 0. The van der Waals surface area contributed by atoms with E-state index in [0.29, 0.717) is 11.6 Å². The van der Waals surface area contributed by atoms with E-state index in [4.69, 9.17) is 0 Å². The molecule has 0 spiro atoms. The van der Waals surface area contributed by atoms with E-state index in [1.165, 1.54) is 0 Å². The first kappa shape index (κ1) is 9.21. The fraction of sp³-hybridized carbons (Fsp3) is 0.273. The van der Waals surface area contributed by atoms with Crippen molar-refractivity contribution in [2.75, 3.05) is 0 Å². The van der Waals surface area contributed by atoms with Crippen LogP contribution in [0, 0.1) is 6.92 Å². The lowest BCUT2D eigenvalue weighted by Gasteiger charge is -2.20. The van der Waals surface area contributed by atoms with Gasteiger partial charge in [0.2, 0.25) is 5.91 Å². The topological polar surface area (TPSA) is 60.7 Å². The summed E-state index contributed by atoms with van der Waals surface area (Å²) >= 11 is 0. The van der Waals surface area contributed by atoms with Crippen molar-refractivity contribution in [2.24, 2.45) is 0 Å². The Hall–Kier alpha value is -2.04. The van der Waals surface area contributed by atoms with Crippen LogP contribution in [0.3, 0.4) is 0 Å². The Labute approximate surface area is 92.2 Å². The molecule has 0 aliphatic carbocycles. The molecule has 0 saturated carbocycles. The summed E-state index contributed by atoms with van der Waals surface area (Å²) in [5, 5.41) is 7.98. The number of fused-ring (bicyclic) bond motifs is 3. The number of pyridine rings is 1. The monoisotopic (exact) mass is 214 g/mol. The summed E-state index contributed by atoms with van der Waals surface area (Å²) in [5.74, 6) is 0.979. The van der Waals surface area contributed by atoms with Crippen LogP contribution < -0.4 is 0 Å². The third-order valence-electron chi connectivity index (χ3n) is 2.91. The van der Waals surface area contributed by atoms with Gasteiger partial charge in [0.1, 0.15) is 5.82 Å². The number of carbonyl (C=O) groups is 1. The van der Waals surface area contributed by atoms with Crippen molar-refractivity contribution in [3.8, 4) is 11.4 Å². The fourth-order valence-electron chi connectivity index (χ4n) is 2.06. The van der Waals surface area contributed by atoms with Crippen LogP contribution in [0.2, 0.25) is 0 Å². The van der Waals surface area contributed by atoms with Crippen molar-refractivity contribution < 1.29 is 4.79 Å². The van der Waals surface area contributed by atoms with E-state index in [1.54, 1.807) is 17.7 Å². The molecule has 3 heterocycles. The van der Waals surface area contributed by atoms with E-state index >= 15 is 0 Å². The molecule has 0 saturated heterocycles. The maximum Gasteiger partial charge on any atom is 0.242 e. The second kappa shape index (κ2) is 2.98. The number of aromatic nitrogens is 4. The van der Waals surface area contributed by atoms with Crippen LogP contribution in [0.15, 0.2) is 18.3 Å². The Morgan fingerprint density at radius 3 is 3.00 bits per heavy atom. The average molecular weight is 214 g/mol. The Bertz CT molecular complexity index is 587. The molecule has 16 heavy (non-hydrogen) atoms. The van der Waals surface area contributed by atoms with Crippen molar-refractivity contribution in [3.05, 3.63) is 29.8 Å². The number of hydrogen-bond acceptors (Lipinski definition) is 4. The molecule has 5 nitrogen and oxygen atoms in total. The zero-order chi connectivity index (χ0) is 11.3. The van der Waals surface area contributed by atoms with Crippen LogP contribution in [0.4, 0.5) is 0 Å². The molecule has 1 atom stereocenters. The molecule has 80 valence electrons. The van der Waals surface area contributed by atoms with Gasteiger partial charge < -0.3 is 0 Å². The molecule has 0 amide bonds. The molecular weight excluding hydrogens is 204 g/mol. The van der Waals surface area contributed by atoms with Crippen molar-refractivity contribution in [2.45, 2.75) is 19.8 Å². The molecule has 0 fully saturated rings. The van der Waals surface area contributed by atoms with Gasteiger partial charge in [0, 0.05) is 11.8 Å². The van der Waals surface area contributed by atoms with Gasteiger partial charge in [-0.15, -0.1) is 10.2 Å². The molecule has 1 unspecified atom stereocenters. The molecule has 1 aliphatic rings. The fourth-order valence-corrected chi connectivity index (χ4v) is 2.06. The molecule has 3 rings (SSSR count). The minimum Gasteiger partial charge on any atom is -0.273 e. The summed E-state index contributed by atoms with van der Waals surface area (Å²) in [4.78, 5) is 16.4. The summed E-state index contributed by atoms with van der Waals surface area (Å²) in [6.45, 7) is 3.64. The second-order valence-electron chi connectivity index (χ2n) is 3.90. The van der Waals surface area contributed by atoms with E-state index in [0.717, 1.165) is 11.3 Å². The van der Waals surface area contributed by atoms with E-state index in [1.807, 2.05) is 19.1 Å². The Kier molecular flexibility index (Phi) is 1.71. The number of rotatable bonds is 0. The van der Waals surface area contributed by atoms with Gasteiger partial charge in [-0.25, -0.2) is 4.57 Å². The lowest BCUT2D eigenvalue weighted by atomic mass is 9.97. The normalized spacial score (nSPS) is 18.1. The Balaban J connectivity index is 2.38. The van der Waals surface area contributed by atoms with Crippen molar-refractivity contribution >= 4 is 5.91 Å². The molecule has 0 N–H and O–H groups in total.